The smallest absolute Gasteiger partial charge is 0.413 e. The highest BCUT2D eigenvalue weighted by Gasteiger charge is 2.12. The molecule has 5 heteroatoms. The van der Waals surface area contributed by atoms with Crippen LogP contribution in [0, 0.1) is 5.82 Å². The van der Waals surface area contributed by atoms with Gasteiger partial charge in [0.2, 0.25) is 0 Å². The molecule has 0 fully saturated rings. The summed E-state index contributed by atoms with van der Waals surface area (Å²) in [4.78, 5) is 12.9. The van der Waals surface area contributed by atoms with Crippen molar-refractivity contribution in [1.82, 2.24) is 0 Å². The molecule has 0 saturated heterocycles. The number of carbonyl (C=O) groups is 1. The lowest BCUT2D eigenvalue weighted by molar-refractivity contribution is 0.180. The second-order valence-electron chi connectivity index (χ2n) is 4.96. The van der Waals surface area contributed by atoms with Gasteiger partial charge in [-0.1, -0.05) is 18.2 Å². The molecule has 1 atom stereocenters. The fraction of sp³-hybridized carbons (Fsp3) is 0.235. The summed E-state index contributed by atoms with van der Waals surface area (Å²) >= 11 is 0. The van der Waals surface area contributed by atoms with Crippen LogP contribution < -0.4 is 10.2 Å². The minimum Gasteiger partial charge on any atom is -0.452 e. The summed E-state index contributed by atoms with van der Waals surface area (Å²) in [5.41, 5.74) is 2.17. The summed E-state index contributed by atoms with van der Waals surface area (Å²) in [6.45, 7) is 1.90. The molecule has 0 heterocycles. The van der Waals surface area contributed by atoms with Crippen LogP contribution >= 0.6 is 0 Å². The third-order valence-corrected chi connectivity index (χ3v) is 3.46. The van der Waals surface area contributed by atoms with Gasteiger partial charge < -0.3 is 10.1 Å². The standard InChI is InChI=1S/C17H19FN2O2/c1-12(15-6-4-5-7-16(15)18)19-13-8-10-14(11-9-13)20(2)17(21)22-3/h4-12,19H,1-3H3. The van der Waals surface area contributed by atoms with Crippen LogP contribution in [0.5, 0.6) is 0 Å². The number of halogens is 1. The van der Waals surface area contributed by atoms with Crippen LogP contribution in [0.25, 0.3) is 0 Å². The van der Waals surface area contributed by atoms with Crippen molar-refractivity contribution in [1.29, 1.82) is 0 Å². The van der Waals surface area contributed by atoms with E-state index in [0.29, 0.717) is 5.56 Å². The number of nitrogens with zero attached hydrogens (tertiary/aromatic N) is 1. The van der Waals surface area contributed by atoms with Gasteiger partial charge in [-0.25, -0.2) is 9.18 Å². The maximum Gasteiger partial charge on any atom is 0.413 e. The number of nitrogens with one attached hydrogen (secondary N) is 1. The molecule has 0 spiro atoms. The normalized spacial score (nSPS) is 11.6. The molecule has 1 amide bonds. The van der Waals surface area contributed by atoms with Gasteiger partial charge >= 0.3 is 6.09 Å². The molecule has 0 saturated carbocycles. The molecule has 116 valence electrons. The minimum absolute atomic E-state index is 0.162. The molecule has 0 aliphatic carbocycles. The molecule has 22 heavy (non-hydrogen) atoms. The first-order valence-corrected chi connectivity index (χ1v) is 6.95. The van der Waals surface area contributed by atoms with Crippen LogP contribution in [0.2, 0.25) is 0 Å². The van der Waals surface area contributed by atoms with Gasteiger partial charge in [-0.05, 0) is 37.3 Å². The number of rotatable bonds is 4. The molecule has 2 aromatic rings. The monoisotopic (exact) mass is 302 g/mol. The van der Waals surface area contributed by atoms with Crippen LogP contribution in [-0.4, -0.2) is 20.3 Å². The van der Waals surface area contributed by atoms with E-state index in [1.54, 1.807) is 31.3 Å². The fourth-order valence-corrected chi connectivity index (χ4v) is 2.18. The molecular weight excluding hydrogens is 283 g/mol. The van der Waals surface area contributed by atoms with Crippen molar-refractivity contribution in [2.75, 3.05) is 24.4 Å². The summed E-state index contributed by atoms with van der Waals surface area (Å²) in [6.07, 6.45) is -0.430. The fourth-order valence-electron chi connectivity index (χ4n) is 2.18. The Bertz CT molecular complexity index is 643. The third-order valence-electron chi connectivity index (χ3n) is 3.46. The Morgan fingerprint density at radius 2 is 1.82 bits per heavy atom. The van der Waals surface area contributed by atoms with Crippen molar-refractivity contribution >= 4 is 17.5 Å². The Balaban J connectivity index is 2.08. The lowest BCUT2D eigenvalue weighted by Gasteiger charge is -2.18. The number of carbonyl (C=O) groups excluding carboxylic acids is 1. The molecular formula is C17H19FN2O2. The van der Waals surface area contributed by atoms with Crippen molar-refractivity contribution in [3.8, 4) is 0 Å². The SMILES string of the molecule is COC(=O)N(C)c1ccc(NC(C)c2ccccc2F)cc1. The number of ether oxygens (including phenoxy) is 1. The Morgan fingerprint density at radius 1 is 1.18 bits per heavy atom. The Hall–Kier alpha value is -2.56. The summed E-state index contributed by atoms with van der Waals surface area (Å²) in [5.74, 6) is -0.232. The Morgan fingerprint density at radius 3 is 2.41 bits per heavy atom. The highest BCUT2D eigenvalue weighted by Crippen LogP contribution is 2.23. The summed E-state index contributed by atoms with van der Waals surface area (Å²) < 4.78 is 18.4. The molecule has 2 aromatic carbocycles. The number of methoxy groups -OCH3 is 1. The predicted octanol–water partition coefficient (Wildman–Crippen LogP) is 4.20. The number of hydrogen-bond donors (Lipinski definition) is 1. The van der Waals surface area contributed by atoms with E-state index in [0.717, 1.165) is 11.4 Å². The first-order valence-electron chi connectivity index (χ1n) is 6.95. The lowest BCUT2D eigenvalue weighted by atomic mass is 10.1. The van der Waals surface area contributed by atoms with Crippen LogP contribution in [0.3, 0.4) is 0 Å². The molecule has 0 radical (unpaired) electrons. The number of anilines is 2. The molecule has 1 unspecified atom stereocenters. The van der Waals surface area contributed by atoms with Crippen molar-refractivity contribution in [3.63, 3.8) is 0 Å². The van der Waals surface area contributed by atoms with Gasteiger partial charge in [-0.15, -0.1) is 0 Å². The van der Waals surface area contributed by atoms with E-state index in [-0.39, 0.29) is 11.9 Å². The number of amides is 1. The summed E-state index contributed by atoms with van der Waals surface area (Å²) in [7, 11) is 2.97. The lowest BCUT2D eigenvalue weighted by Crippen LogP contribution is -2.25. The van der Waals surface area contributed by atoms with Crippen LogP contribution in [0.4, 0.5) is 20.6 Å². The molecule has 0 aliphatic heterocycles. The van der Waals surface area contributed by atoms with E-state index in [1.165, 1.54) is 18.1 Å². The van der Waals surface area contributed by atoms with Crippen molar-refractivity contribution in [2.24, 2.45) is 0 Å². The zero-order chi connectivity index (χ0) is 16.1. The van der Waals surface area contributed by atoms with Crippen LogP contribution in [-0.2, 0) is 4.74 Å². The largest absolute Gasteiger partial charge is 0.452 e. The first kappa shape index (κ1) is 15.8. The molecule has 0 aromatic heterocycles. The van der Waals surface area contributed by atoms with Crippen LogP contribution in [0.15, 0.2) is 48.5 Å². The van der Waals surface area contributed by atoms with Crippen molar-refractivity contribution in [3.05, 3.63) is 59.9 Å². The second-order valence-corrected chi connectivity index (χ2v) is 4.96. The summed E-state index contributed by atoms with van der Waals surface area (Å²) in [5, 5.41) is 3.23. The van der Waals surface area contributed by atoms with Gasteiger partial charge in [-0.2, -0.15) is 0 Å². The maximum atomic E-state index is 13.7. The zero-order valence-electron chi connectivity index (χ0n) is 12.8. The van der Waals surface area contributed by atoms with Gasteiger partial charge in [0.1, 0.15) is 5.82 Å². The average Bonchev–Trinajstić information content (AvgIpc) is 2.54. The molecule has 0 bridgehead atoms. The first-order chi connectivity index (χ1) is 10.5. The Kier molecular flexibility index (Phi) is 4.99. The molecule has 4 nitrogen and oxygen atoms in total. The second kappa shape index (κ2) is 6.93. The molecule has 0 aliphatic rings. The van der Waals surface area contributed by atoms with Gasteiger partial charge in [0.15, 0.2) is 0 Å². The van der Waals surface area contributed by atoms with E-state index in [9.17, 15) is 9.18 Å². The van der Waals surface area contributed by atoms with E-state index >= 15 is 0 Å². The number of hydrogen-bond acceptors (Lipinski definition) is 3. The van der Waals surface area contributed by atoms with E-state index in [2.05, 4.69) is 10.1 Å². The van der Waals surface area contributed by atoms with Crippen LogP contribution in [0.1, 0.15) is 18.5 Å². The van der Waals surface area contributed by atoms with Gasteiger partial charge in [0.25, 0.3) is 0 Å². The predicted molar refractivity (Wildman–Crippen MR) is 85.7 cm³/mol. The topological polar surface area (TPSA) is 41.6 Å². The van der Waals surface area contributed by atoms with Gasteiger partial charge in [0.05, 0.1) is 13.2 Å². The van der Waals surface area contributed by atoms with E-state index < -0.39 is 6.09 Å². The minimum atomic E-state index is -0.430. The third kappa shape index (κ3) is 3.55. The maximum absolute atomic E-state index is 13.7. The zero-order valence-corrected chi connectivity index (χ0v) is 12.8. The molecule has 2 rings (SSSR count). The van der Waals surface area contributed by atoms with E-state index in [1.807, 2.05) is 25.1 Å². The average molecular weight is 302 g/mol. The number of benzene rings is 2. The highest BCUT2D eigenvalue weighted by atomic mass is 19.1. The molecule has 1 N–H and O–H groups in total. The Labute approximate surface area is 129 Å². The van der Waals surface area contributed by atoms with Crippen molar-refractivity contribution < 1.29 is 13.9 Å². The van der Waals surface area contributed by atoms with E-state index in [4.69, 9.17) is 0 Å². The van der Waals surface area contributed by atoms with Crippen molar-refractivity contribution in [2.45, 2.75) is 13.0 Å². The van der Waals surface area contributed by atoms with Gasteiger partial charge in [-0.3, -0.25) is 4.90 Å². The summed E-state index contributed by atoms with van der Waals surface area (Å²) in [6, 6.07) is 13.8. The quantitative estimate of drug-likeness (QED) is 0.920. The highest BCUT2D eigenvalue weighted by molar-refractivity contribution is 5.87. The van der Waals surface area contributed by atoms with Gasteiger partial charge in [0, 0.05) is 24.0 Å².